The van der Waals surface area contributed by atoms with E-state index < -0.39 is 6.10 Å². The fourth-order valence-electron chi connectivity index (χ4n) is 2.46. The molecule has 134 valence electrons. The molecule has 0 aliphatic rings. The van der Waals surface area contributed by atoms with Crippen LogP contribution in [0.5, 0.6) is 11.5 Å². The van der Waals surface area contributed by atoms with Crippen LogP contribution in [0.2, 0.25) is 0 Å². The lowest BCUT2D eigenvalue weighted by atomic mass is 10.1. The normalized spacial score (nSPS) is 12.6. The Morgan fingerprint density at radius 2 is 2.00 bits per heavy atom. The summed E-state index contributed by atoms with van der Waals surface area (Å²) in [5.41, 5.74) is 1.29. The summed E-state index contributed by atoms with van der Waals surface area (Å²) in [6.45, 7) is 1.96. The highest BCUT2D eigenvalue weighted by Gasteiger charge is 2.18. The zero-order valence-corrected chi connectivity index (χ0v) is 15.7. The molecule has 2 rings (SSSR count). The largest absolute Gasteiger partial charge is 0.493 e. The Balaban J connectivity index is 2.06. The summed E-state index contributed by atoms with van der Waals surface area (Å²) in [6.07, 6.45) is 1.04. The number of carbonyl (C=O) groups is 1. The summed E-state index contributed by atoms with van der Waals surface area (Å²) in [5, 5.41) is 12.4. The molecule has 0 aliphatic carbocycles. The molecule has 25 heavy (non-hydrogen) atoms. The number of methoxy groups -OCH3 is 2. The molecule has 0 aliphatic heterocycles. The zero-order chi connectivity index (χ0) is 18.4. The molecular formula is C19H23NO4S. The van der Waals surface area contributed by atoms with Gasteiger partial charge in [-0.2, -0.15) is 0 Å². The van der Waals surface area contributed by atoms with Crippen LogP contribution < -0.4 is 9.47 Å². The van der Waals surface area contributed by atoms with Crippen LogP contribution in [-0.2, 0) is 4.79 Å². The van der Waals surface area contributed by atoms with Gasteiger partial charge in [-0.05, 0) is 42.1 Å². The highest BCUT2D eigenvalue weighted by atomic mass is 32.1. The van der Waals surface area contributed by atoms with Crippen LogP contribution in [0.1, 0.15) is 23.5 Å². The van der Waals surface area contributed by atoms with E-state index in [9.17, 15) is 9.90 Å². The van der Waals surface area contributed by atoms with Crippen LogP contribution >= 0.6 is 11.3 Å². The van der Waals surface area contributed by atoms with Crippen molar-refractivity contribution in [2.24, 2.45) is 0 Å². The molecule has 0 bridgehead atoms. The minimum atomic E-state index is -0.816. The second-order valence-corrected chi connectivity index (χ2v) is 6.64. The van der Waals surface area contributed by atoms with Crippen molar-refractivity contribution in [3.05, 3.63) is 51.7 Å². The maximum Gasteiger partial charge on any atom is 0.249 e. The Morgan fingerprint density at radius 1 is 1.28 bits per heavy atom. The fraction of sp³-hybridized carbons (Fsp3) is 0.316. The summed E-state index contributed by atoms with van der Waals surface area (Å²) in [5.74, 6) is 1.02. The minimum Gasteiger partial charge on any atom is -0.493 e. The van der Waals surface area contributed by atoms with Gasteiger partial charge >= 0.3 is 0 Å². The van der Waals surface area contributed by atoms with Gasteiger partial charge in [0.1, 0.15) is 0 Å². The number of rotatable bonds is 7. The van der Waals surface area contributed by atoms with Gasteiger partial charge in [-0.15, -0.1) is 11.3 Å². The predicted molar refractivity (Wildman–Crippen MR) is 100 cm³/mol. The summed E-state index contributed by atoms with van der Waals surface area (Å²) >= 11 is 1.58. The second-order valence-electron chi connectivity index (χ2n) is 5.66. The van der Waals surface area contributed by atoms with Crippen LogP contribution in [0.4, 0.5) is 0 Å². The van der Waals surface area contributed by atoms with Crippen molar-refractivity contribution in [3.63, 3.8) is 0 Å². The minimum absolute atomic E-state index is 0.118. The first-order valence-corrected chi connectivity index (χ1v) is 8.71. The molecule has 1 aromatic heterocycles. The molecule has 1 aromatic carbocycles. The van der Waals surface area contributed by atoms with Gasteiger partial charge in [0.25, 0.3) is 0 Å². The van der Waals surface area contributed by atoms with Crippen molar-refractivity contribution in [3.8, 4) is 11.5 Å². The average Bonchev–Trinajstić information content (AvgIpc) is 3.13. The van der Waals surface area contributed by atoms with Gasteiger partial charge in [0.15, 0.2) is 11.5 Å². The number of hydrogen-bond acceptors (Lipinski definition) is 5. The van der Waals surface area contributed by atoms with Crippen LogP contribution in [0, 0.1) is 0 Å². The average molecular weight is 361 g/mol. The van der Waals surface area contributed by atoms with E-state index in [0.29, 0.717) is 22.6 Å². The van der Waals surface area contributed by atoms with Gasteiger partial charge in [-0.25, -0.2) is 0 Å². The first kappa shape index (κ1) is 19.0. The van der Waals surface area contributed by atoms with Crippen molar-refractivity contribution < 1.29 is 19.4 Å². The number of hydrogen-bond donors (Lipinski definition) is 1. The Morgan fingerprint density at radius 3 is 2.60 bits per heavy atom. The van der Waals surface area contributed by atoms with Crippen molar-refractivity contribution >= 4 is 23.3 Å². The molecule has 0 saturated carbocycles. The van der Waals surface area contributed by atoms with Gasteiger partial charge in [0.05, 0.1) is 26.9 Å². The van der Waals surface area contributed by atoms with E-state index in [1.54, 1.807) is 57.7 Å². The Kier molecular flexibility index (Phi) is 6.61. The third-order valence-electron chi connectivity index (χ3n) is 3.83. The molecule has 0 fully saturated rings. The molecule has 1 amide bonds. The van der Waals surface area contributed by atoms with E-state index in [-0.39, 0.29) is 12.5 Å². The third-order valence-corrected chi connectivity index (χ3v) is 4.64. The van der Waals surface area contributed by atoms with Crippen molar-refractivity contribution in [2.45, 2.75) is 13.0 Å². The molecule has 5 nitrogen and oxygen atoms in total. The topological polar surface area (TPSA) is 59.0 Å². The maximum atomic E-state index is 12.5. The van der Waals surface area contributed by atoms with Crippen LogP contribution in [0.3, 0.4) is 0 Å². The van der Waals surface area contributed by atoms with Gasteiger partial charge in [-0.1, -0.05) is 12.1 Å². The van der Waals surface area contributed by atoms with E-state index in [2.05, 4.69) is 0 Å². The summed E-state index contributed by atoms with van der Waals surface area (Å²) in [4.78, 5) is 15.0. The van der Waals surface area contributed by atoms with Crippen LogP contribution in [0.15, 0.2) is 41.3 Å². The fourth-order valence-corrected chi connectivity index (χ4v) is 3.17. The first-order valence-electron chi connectivity index (χ1n) is 7.83. The highest BCUT2D eigenvalue weighted by Crippen LogP contribution is 2.30. The maximum absolute atomic E-state index is 12.5. The number of amides is 1. The summed E-state index contributed by atoms with van der Waals surface area (Å²) in [6, 6.07) is 9.12. The lowest BCUT2D eigenvalue weighted by Crippen LogP contribution is -2.31. The van der Waals surface area contributed by atoms with E-state index in [4.69, 9.17) is 9.47 Å². The number of nitrogens with zero attached hydrogens (tertiary/aromatic N) is 1. The SMILES string of the molecule is COc1ccc(C(O)CN(C)C(=O)/C(C)=C/c2cccs2)cc1OC. The Hall–Kier alpha value is -2.31. The molecule has 0 spiro atoms. The second kappa shape index (κ2) is 8.69. The van der Waals surface area contributed by atoms with E-state index >= 15 is 0 Å². The molecule has 1 atom stereocenters. The number of likely N-dealkylation sites (N-methyl/N-ethyl adjacent to an activating group) is 1. The molecule has 1 heterocycles. The number of carbonyl (C=O) groups excluding carboxylic acids is 1. The van der Waals surface area contributed by atoms with Crippen LogP contribution in [-0.4, -0.2) is 43.7 Å². The molecular weight excluding hydrogens is 338 g/mol. The standard InChI is InChI=1S/C19H23NO4S/c1-13(10-15-6-5-9-25-15)19(22)20(2)12-16(21)14-7-8-17(23-3)18(11-14)24-4/h5-11,16,21H,12H2,1-4H3/b13-10+. The smallest absolute Gasteiger partial charge is 0.249 e. The first-order chi connectivity index (χ1) is 12.0. The molecule has 2 aromatic rings. The molecule has 1 unspecified atom stereocenters. The lowest BCUT2D eigenvalue weighted by Gasteiger charge is -2.22. The third kappa shape index (κ3) is 4.84. The van der Waals surface area contributed by atoms with E-state index in [1.165, 1.54) is 4.90 Å². The van der Waals surface area contributed by atoms with E-state index in [1.807, 2.05) is 23.6 Å². The van der Waals surface area contributed by atoms with E-state index in [0.717, 1.165) is 4.88 Å². The zero-order valence-electron chi connectivity index (χ0n) is 14.9. The number of thiophene rings is 1. The number of aliphatic hydroxyl groups is 1. The summed E-state index contributed by atoms with van der Waals surface area (Å²) < 4.78 is 10.4. The highest BCUT2D eigenvalue weighted by molar-refractivity contribution is 7.10. The predicted octanol–water partition coefficient (Wildman–Crippen LogP) is 3.36. The van der Waals surface area contributed by atoms with Gasteiger partial charge < -0.3 is 19.5 Å². The Labute approximate surface area is 152 Å². The summed E-state index contributed by atoms with van der Waals surface area (Å²) in [7, 11) is 4.78. The van der Waals surface area contributed by atoms with Gasteiger partial charge in [0, 0.05) is 17.5 Å². The molecule has 1 N–H and O–H groups in total. The van der Waals surface area contributed by atoms with Gasteiger partial charge in [0.2, 0.25) is 5.91 Å². The van der Waals surface area contributed by atoms with Crippen molar-refractivity contribution in [1.82, 2.24) is 4.90 Å². The van der Waals surface area contributed by atoms with Crippen LogP contribution in [0.25, 0.3) is 6.08 Å². The number of ether oxygens (including phenoxy) is 2. The molecule has 0 radical (unpaired) electrons. The lowest BCUT2D eigenvalue weighted by molar-refractivity contribution is -0.127. The number of benzene rings is 1. The van der Waals surface area contributed by atoms with Crippen molar-refractivity contribution in [2.75, 3.05) is 27.8 Å². The quantitative estimate of drug-likeness (QED) is 0.768. The van der Waals surface area contributed by atoms with Crippen molar-refractivity contribution in [1.29, 1.82) is 0 Å². The van der Waals surface area contributed by atoms with Gasteiger partial charge in [-0.3, -0.25) is 4.79 Å². The number of aliphatic hydroxyl groups excluding tert-OH is 1. The Bertz CT molecular complexity index is 740. The molecule has 6 heteroatoms. The monoisotopic (exact) mass is 361 g/mol. The molecule has 0 saturated heterocycles.